The van der Waals surface area contributed by atoms with Crippen LogP contribution in [-0.4, -0.2) is 23.4 Å². The Labute approximate surface area is 115 Å². The fourth-order valence-electron chi connectivity index (χ4n) is 1.97. The molecule has 0 N–H and O–H groups in total. The summed E-state index contributed by atoms with van der Waals surface area (Å²) in [6, 6.07) is 2.48. The number of hydrogen-bond donors (Lipinski definition) is 0. The molecule has 1 aromatic heterocycles. The molecule has 0 aliphatic carbocycles. The van der Waals surface area contributed by atoms with E-state index in [2.05, 4.69) is 42.5 Å². The number of thiophene rings is 1. The lowest BCUT2D eigenvalue weighted by molar-refractivity contribution is -0.133. The fraction of sp³-hybridized carbons (Fsp3) is 0.667. The van der Waals surface area contributed by atoms with Gasteiger partial charge in [-0.1, -0.05) is 20.3 Å². The molecule has 0 saturated heterocycles. The summed E-state index contributed by atoms with van der Waals surface area (Å²) < 4.78 is 0. The Morgan fingerprint density at radius 3 is 2.78 bits per heavy atom. The van der Waals surface area contributed by atoms with Gasteiger partial charge in [0.1, 0.15) is 0 Å². The van der Waals surface area contributed by atoms with Crippen LogP contribution in [0.1, 0.15) is 52.0 Å². The zero-order chi connectivity index (χ0) is 13.4. The van der Waals surface area contributed by atoms with Crippen molar-refractivity contribution in [3.63, 3.8) is 0 Å². The van der Waals surface area contributed by atoms with Crippen molar-refractivity contribution in [1.82, 2.24) is 4.90 Å². The van der Waals surface area contributed by atoms with Crippen LogP contribution in [0.4, 0.5) is 0 Å². The summed E-state index contributed by atoms with van der Waals surface area (Å²) in [6.45, 7) is 7.38. The molecule has 0 aromatic carbocycles. The van der Waals surface area contributed by atoms with Crippen LogP contribution >= 0.6 is 11.3 Å². The summed E-state index contributed by atoms with van der Waals surface area (Å²) in [5, 5.41) is 4.20. The van der Waals surface area contributed by atoms with Gasteiger partial charge >= 0.3 is 0 Å². The van der Waals surface area contributed by atoms with E-state index in [9.17, 15) is 4.79 Å². The van der Waals surface area contributed by atoms with Gasteiger partial charge in [-0.2, -0.15) is 11.3 Å². The lowest BCUT2D eigenvalue weighted by Gasteiger charge is -2.28. The number of carbonyl (C=O) groups is 1. The van der Waals surface area contributed by atoms with Crippen molar-refractivity contribution in [2.45, 2.75) is 58.9 Å². The third-order valence-electron chi connectivity index (χ3n) is 3.40. The third-order valence-corrected chi connectivity index (χ3v) is 4.14. The average molecular weight is 267 g/mol. The number of nitrogens with zero attached hydrogens (tertiary/aromatic N) is 1. The van der Waals surface area contributed by atoms with Crippen LogP contribution in [-0.2, 0) is 11.2 Å². The summed E-state index contributed by atoms with van der Waals surface area (Å²) in [4.78, 5) is 14.3. The number of aryl methyl sites for hydroxylation is 1. The molecule has 102 valence electrons. The second kappa shape index (κ2) is 8.30. The third kappa shape index (κ3) is 4.81. The minimum Gasteiger partial charge on any atom is -0.340 e. The highest BCUT2D eigenvalue weighted by Crippen LogP contribution is 2.12. The van der Waals surface area contributed by atoms with Gasteiger partial charge < -0.3 is 4.90 Å². The molecule has 0 saturated carbocycles. The number of rotatable bonds is 8. The van der Waals surface area contributed by atoms with E-state index in [4.69, 9.17) is 0 Å². The maximum absolute atomic E-state index is 12.3. The van der Waals surface area contributed by atoms with E-state index in [0.29, 0.717) is 18.4 Å². The lowest BCUT2D eigenvalue weighted by Crippen LogP contribution is -2.39. The Morgan fingerprint density at radius 2 is 2.22 bits per heavy atom. The van der Waals surface area contributed by atoms with Crippen molar-refractivity contribution in [1.29, 1.82) is 0 Å². The van der Waals surface area contributed by atoms with E-state index in [0.717, 1.165) is 32.2 Å². The highest BCUT2D eigenvalue weighted by molar-refractivity contribution is 7.07. The predicted octanol–water partition coefficient (Wildman–Crippen LogP) is 4.11. The van der Waals surface area contributed by atoms with Crippen LogP contribution in [0, 0.1) is 0 Å². The van der Waals surface area contributed by atoms with Crippen molar-refractivity contribution in [3.8, 4) is 0 Å². The fourth-order valence-corrected chi connectivity index (χ4v) is 2.67. The molecule has 0 aliphatic rings. The Balaban J connectivity index is 2.47. The first-order valence-corrected chi connectivity index (χ1v) is 7.93. The molecule has 1 amide bonds. The van der Waals surface area contributed by atoms with E-state index >= 15 is 0 Å². The minimum absolute atomic E-state index is 0.309. The smallest absolute Gasteiger partial charge is 0.223 e. The zero-order valence-electron chi connectivity index (χ0n) is 11.8. The summed E-state index contributed by atoms with van der Waals surface area (Å²) in [5.41, 5.74) is 1.29. The molecule has 1 heterocycles. The normalized spacial score (nSPS) is 12.4. The van der Waals surface area contributed by atoms with Gasteiger partial charge in [0.2, 0.25) is 5.91 Å². The van der Waals surface area contributed by atoms with Gasteiger partial charge in [0.25, 0.3) is 0 Å². The summed E-state index contributed by atoms with van der Waals surface area (Å²) in [6.07, 6.45) is 4.80. The van der Waals surface area contributed by atoms with Crippen molar-refractivity contribution in [2.75, 3.05) is 6.54 Å². The van der Waals surface area contributed by atoms with Crippen LogP contribution in [0.2, 0.25) is 0 Å². The van der Waals surface area contributed by atoms with E-state index in [1.54, 1.807) is 11.3 Å². The van der Waals surface area contributed by atoms with Gasteiger partial charge in [-0.3, -0.25) is 4.79 Å². The van der Waals surface area contributed by atoms with Crippen LogP contribution in [0.25, 0.3) is 0 Å². The number of unbranched alkanes of at least 4 members (excludes halogenated alkanes) is 1. The Morgan fingerprint density at radius 1 is 1.44 bits per heavy atom. The highest BCUT2D eigenvalue weighted by atomic mass is 32.1. The van der Waals surface area contributed by atoms with E-state index in [1.165, 1.54) is 5.56 Å². The minimum atomic E-state index is 0.309. The topological polar surface area (TPSA) is 20.3 Å². The van der Waals surface area contributed by atoms with Gasteiger partial charge in [0, 0.05) is 19.0 Å². The van der Waals surface area contributed by atoms with Crippen molar-refractivity contribution < 1.29 is 4.79 Å². The first-order valence-electron chi connectivity index (χ1n) is 6.99. The second-order valence-electron chi connectivity index (χ2n) is 4.83. The zero-order valence-corrected chi connectivity index (χ0v) is 12.6. The molecule has 1 atom stereocenters. The summed E-state index contributed by atoms with van der Waals surface area (Å²) in [5.74, 6) is 0.309. The molecular weight excluding hydrogens is 242 g/mol. The molecule has 0 bridgehead atoms. The van der Waals surface area contributed by atoms with Crippen molar-refractivity contribution in [3.05, 3.63) is 22.4 Å². The molecule has 0 aliphatic heterocycles. The Hall–Kier alpha value is -0.830. The van der Waals surface area contributed by atoms with Gasteiger partial charge in [0.15, 0.2) is 0 Å². The van der Waals surface area contributed by atoms with Crippen LogP contribution in [0.5, 0.6) is 0 Å². The Bertz CT molecular complexity index is 334. The van der Waals surface area contributed by atoms with Crippen LogP contribution < -0.4 is 0 Å². The van der Waals surface area contributed by atoms with E-state index in [1.807, 2.05) is 0 Å². The molecule has 0 radical (unpaired) electrons. The standard InChI is InChI=1S/C15H25NOS/c1-4-6-10-16(13(3)5-2)15(17)8-7-14-9-11-18-12-14/h9,11-13H,4-8,10H2,1-3H3. The molecular formula is C15H25NOS. The SMILES string of the molecule is CCCCN(C(=O)CCc1ccsc1)C(C)CC. The first-order chi connectivity index (χ1) is 8.69. The molecule has 1 aromatic rings. The van der Waals surface area contributed by atoms with Gasteiger partial charge in [0.05, 0.1) is 0 Å². The van der Waals surface area contributed by atoms with Crippen molar-refractivity contribution in [2.24, 2.45) is 0 Å². The quantitative estimate of drug-likeness (QED) is 0.694. The number of hydrogen-bond acceptors (Lipinski definition) is 2. The van der Waals surface area contributed by atoms with E-state index in [-0.39, 0.29) is 0 Å². The second-order valence-corrected chi connectivity index (χ2v) is 5.61. The number of amides is 1. The molecule has 2 nitrogen and oxygen atoms in total. The summed E-state index contributed by atoms with van der Waals surface area (Å²) >= 11 is 1.70. The number of carbonyl (C=O) groups excluding carboxylic acids is 1. The van der Waals surface area contributed by atoms with Crippen molar-refractivity contribution >= 4 is 17.2 Å². The average Bonchev–Trinajstić information content (AvgIpc) is 2.89. The molecule has 1 unspecified atom stereocenters. The molecule has 18 heavy (non-hydrogen) atoms. The maximum atomic E-state index is 12.3. The van der Waals surface area contributed by atoms with Gasteiger partial charge in [-0.05, 0) is 48.6 Å². The molecule has 1 rings (SSSR count). The molecule has 3 heteroatoms. The monoisotopic (exact) mass is 267 g/mol. The van der Waals surface area contributed by atoms with Crippen LogP contribution in [0.15, 0.2) is 16.8 Å². The van der Waals surface area contributed by atoms with E-state index < -0.39 is 0 Å². The first kappa shape index (κ1) is 15.2. The molecule has 0 spiro atoms. The largest absolute Gasteiger partial charge is 0.340 e. The van der Waals surface area contributed by atoms with Crippen LogP contribution in [0.3, 0.4) is 0 Å². The van der Waals surface area contributed by atoms with Gasteiger partial charge in [-0.25, -0.2) is 0 Å². The molecule has 0 fully saturated rings. The lowest BCUT2D eigenvalue weighted by atomic mass is 10.1. The Kier molecular flexibility index (Phi) is 7.02. The predicted molar refractivity (Wildman–Crippen MR) is 79.0 cm³/mol. The highest BCUT2D eigenvalue weighted by Gasteiger charge is 2.17. The van der Waals surface area contributed by atoms with Gasteiger partial charge in [-0.15, -0.1) is 0 Å². The maximum Gasteiger partial charge on any atom is 0.223 e. The summed E-state index contributed by atoms with van der Waals surface area (Å²) in [7, 11) is 0.